The number of nitrogens with zero attached hydrogens (tertiary/aromatic N) is 3. The molecule has 2 aromatic rings. The second kappa shape index (κ2) is 5.97. The van der Waals surface area contributed by atoms with E-state index in [1.165, 1.54) is 11.5 Å². The molecule has 2 aromatic heterocycles. The van der Waals surface area contributed by atoms with Gasteiger partial charge in [-0.2, -0.15) is 4.37 Å². The number of aryl methyl sites for hydroxylation is 2. The van der Waals surface area contributed by atoms with E-state index in [1.54, 1.807) is 7.11 Å². The summed E-state index contributed by atoms with van der Waals surface area (Å²) in [6.45, 7) is 5.94. The Kier molecular flexibility index (Phi) is 4.33. The van der Waals surface area contributed by atoms with Crippen LogP contribution in [0.5, 0.6) is 0 Å². The molecule has 0 aliphatic carbocycles. The highest BCUT2D eigenvalue weighted by Crippen LogP contribution is 2.20. The van der Waals surface area contributed by atoms with Crippen LogP contribution < -0.4 is 4.90 Å². The first-order valence-corrected chi connectivity index (χ1v) is 6.56. The molecule has 0 amide bonds. The lowest BCUT2D eigenvalue weighted by Gasteiger charge is -2.19. The molecule has 98 valence electrons. The largest absolute Gasteiger partial charge is 0.464 e. The summed E-state index contributed by atoms with van der Waals surface area (Å²) < 4.78 is 14.9. The number of furan rings is 1. The lowest BCUT2D eigenvalue weighted by molar-refractivity contribution is 0.204. The summed E-state index contributed by atoms with van der Waals surface area (Å²) >= 11 is 1.40. The van der Waals surface area contributed by atoms with Gasteiger partial charge in [0.2, 0.25) is 5.13 Å². The molecule has 0 saturated heterocycles. The lowest BCUT2D eigenvalue weighted by Crippen LogP contribution is -2.26. The fourth-order valence-corrected chi connectivity index (χ4v) is 2.32. The van der Waals surface area contributed by atoms with Crippen LogP contribution in [0.4, 0.5) is 5.13 Å². The van der Waals surface area contributed by atoms with Crippen molar-refractivity contribution in [3.63, 3.8) is 0 Å². The van der Waals surface area contributed by atoms with Crippen molar-refractivity contribution in [1.29, 1.82) is 0 Å². The lowest BCUT2D eigenvalue weighted by atomic mass is 10.4. The highest BCUT2D eigenvalue weighted by Gasteiger charge is 2.13. The molecule has 0 fully saturated rings. The fourth-order valence-electron chi connectivity index (χ4n) is 1.62. The molecule has 0 N–H and O–H groups in total. The van der Waals surface area contributed by atoms with Gasteiger partial charge in [-0.3, -0.25) is 0 Å². The molecular formula is C12H17N3O2S. The molecule has 0 aliphatic rings. The average Bonchev–Trinajstić information content (AvgIpc) is 2.93. The smallest absolute Gasteiger partial charge is 0.205 e. The minimum Gasteiger partial charge on any atom is -0.464 e. The van der Waals surface area contributed by atoms with Crippen LogP contribution in [0.3, 0.4) is 0 Å². The molecule has 0 aromatic carbocycles. The zero-order valence-electron chi connectivity index (χ0n) is 10.8. The molecule has 0 atom stereocenters. The summed E-state index contributed by atoms with van der Waals surface area (Å²) in [6, 6.07) is 3.96. The summed E-state index contributed by atoms with van der Waals surface area (Å²) in [5.41, 5.74) is 0. The van der Waals surface area contributed by atoms with Gasteiger partial charge in [-0.1, -0.05) is 0 Å². The molecule has 2 heterocycles. The molecule has 6 heteroatoms. The maximum absolute atomic E-state index is 5.60. The molecule has 18 heavy (non-hydrogen) atoms. The van der Waals surface area contributed by atoms with Crippen LogP contribution in [0.1, 0.15) is 17.3 Å². The second-order valence-electron chi connectivity index (χ2n) is 4.05. The van der Waals surface area contributed by atoms with Crippen molar-refractivity contribution in [2.75, 3.05) is 25.2 Å². The predicted molar refractivity (Wildman–Crippen MR) is 71.0 cm³/mol. The van der Waals surface area contributed by atoms with E-state index >= 15 is 0 Å². The van der Waals surface area contributed by atoms with Crippen molar-refractivity contribution in [2.24, 2.45) is 0 Å². The van der Waals surface area contributed by atoms with Gasteiger partial charge in [-0.15, -0.1) is 0 Å². The van der Waals surface area contributed by atoms with Crippen LogP contribution in [0.25, 0.3) is 0 Å². The summed E-state index contributed by atoms with van der Waals surface area (Å²) in [6.07, 6.45) is 0. The van der Waals surface area contributed by atoms with Crippen molar-refractivity contribution in [3.05, 3.63) is 29.5 Å². The number of aromatic nitrogens is 2. The minimum absolute atomic E-state index is 0.651. The molecule has 0 radical (unpaired) electrons. The minimum atomic E-state index is 0.651. The third-order valence-electron chi connectivity index (χ3n) is 2.50. The van der Waals surface area contributed by atoms with Gasteiger partial charge in [0.1, 0.15) is 17.3 Å². The SMILES string of the molecule is COCCN(Cc1ccc(C)o1)c1nc(C)ns1. The van der Waals surface area contributed by atoms with Gasteiger partial charge in [0.25, 0.3) is 0 Å². The normalized spacial score (nSPS) is 10.8. The van der Waals surface area contributed by atoms with Gasteiger partial charge >= 0.3 is 0 Å². The molecule has 5 nitrogen and oxygen atoms in total. The number of hydrogen-bond acceptors (Lipinski definition) is 6. The van der Waals surface area contributed by atoms with Crippen LogP contribution in [-0.2, 0) is 11.3 Å². The van der Waals surface area contributed by atoms with E-state index in [1.807, 2.05) is 26.0 Å². The first-order valence-electron chi connectivity index (χ1n) is 5.78. The maximum Gasteiger partial charge on any atom is 0.205 e. The molecular weight excluding hydrogens is 250 g/mol. The summed E-state index contributed by atoms with van der Waals surface area (Å²) in [5.74, 6) is 2.65. The number of hydrogen-bond donors (Lipinski definition) is 0. The molecule has 0 unspecified atom stereocenters. The van der Waals surface area contributed by atoms with Gasteiger partial charge in [-0.25, -0.2) is 4.98 Å². The van der Waals surface area contributed by atoms with E-state index in [0.29, 0.717) is 13.2 Å². The van der Waals surface area contributed by atoms with Crippen molar-refractivity contribution >= 4 is 16.7 Å². The Bertz CT molecular complexity index is 495. The molecule has 0 saturated carbocycles. The quantitative estimate of drug-likeness (QED) is 0.804. The Balaban J connectivity index is 2.09. The molecule has 0 spiro atoms. The van der Waals surface area contributed by atoms with Crippen molar-refractivity contribution in [3.8, 4) is 0 Å². The Labute approximate surface area is 111 Å². The fraction of sp³-hybridized carbons (Fsp3) is 0.500. The monoisotopic (exact) mass is 267 g/mol. The van der Waals surface area contributed by atoms with Crippen molar-refractivity contribution < 1.29 is 9.15 Å². The number of ether oxygens (including phenoxy) is 1. The van der Waals surface area contributed by atoms with E-state index in [9.17, 15) is 0 Å². The summed E-state index contributed by atoms with van der Waals surface area (Å²) in [4.78, 5) is 6.52. The maximum atomic E-state index is 5.60. The van der Waals surface area contributed by atoms with Crippen LogP contribution in [0.2, 0.25) is 0 Å². The van der Waals surface area contributed by atoms with Gasteiger partial charge in [0, 0.05) is 25.2 Å². The third-order valence-corrected chi connectivity index (χ3v) is 3.36. The van der Waals surface area contributed by atoms with E-state index in [-0.39, 0.29) is 0 Å². The summed E-state index contributed by atoms with van der Waals surface area (Å²) in [5, 5.41) is 0.901. The Morgan fingerprint density at radius 1 is 1.39 bits per heavy atom. The molecule has 2 rings (SSSR count). The van der Waals surface area contributed by atoms with Gasteiger partial charge in [0.05, 0.1) is 13.2 Å². The first kappa shape index (κ1) is 13.0. The van der Waals surface area contributed by atoms with Gasteiger partial charge in [-0.05, 0) is 26.0 Å². The van der Waals surface area contributed by atoms with Crippen LogP contribution in [-0.4, -0.2) is 29.6 Å². The Hall–Kier alpha value is -1.40. The topological polar surface area (TPSA) is 51.4 Å². The summed E-state index contributed by atoms with van der Waals surface area (Å²) in [7, 11) is 1.70. The Morgan fingerprint density at radius 3 is 2.78 bits per heavy atom. The standard InChI is InChI=1S/C12H17N3O2S/c1-9-4-5-11(17-9)8-15(6-7-16-3)12-13-10(2)14-18-12/h4-5H,6-8H2,1-3H3. The zero-order valence-corrected chi connectivity index (χ0v) is 11.7. The highest BCUT2D eigenvalue weighted by molar-refractivity contribution is 7.09. The van der Waals surface area contributed by atoms with Gasteiger partial charge < -0.3 is 14.1 Å². The number of methoxy groups -OCH3 is 1. The van der Waals surface area contributed by atoms with Crippen molar-refractivity contribution in [2.45, 2.75) is 20.4 Å². The van der Waals surface area contributed by atoms with Gasteiger partial charge in [0.15, 0.2) is 0 Å². The Morgan fingerprint density at radius 2 is 2.22 bits per heavy atom. The van der Waals surface area contributed by atoms with Crippen molar-refractivity contribution in [1.82, 2.24) is 9.36 Å². The third kappa shape index (κ3) is 3.30. The number of rotatable bonds is 6. The van der Waals surface area contributed by atoms with E-state index in [2.05, 4.69) is 14.3 Å². The average molecular weight is 267 g/mol. The van der Waals surface area contributed by atoms with E-state index in [0.717, 1.165) is 29.0 Å². The zero-order chi connectivity index (χ0) is 13.0. The second-order valence-corrected chi connectivity index (χ2v) is 4.78. The van der Waals surface area contributed by atoms with E-state index in [4.69, 9.17) is 9.15 Å². The molecule has 0 bridgehead atoms. The van der Waals surface area contributed by atoms with Crippen LogP contribution in [0, 0.1) is 13.8 Å². The first-order chi connectivity index (χ1) is 8.69. The highest BCUT2D eigenvalue weighted by atomic mass is 32.1. The number of anilines is 1. The van der Waals surface area contributed by atoms with Crippen LogP contribution in [0.15, 0.2) is 16.5 Å². The van der Waals surface area contributed by atoms with Crippen LogP contribution >= 0.6 is 11.5 Å². The predicted octanol–water partition coefficient (Wildman–Crippen LogP) is 2.40. The van der Waals surface area contributed by atoms with E-state index < -0.39 is 0 Å². The molecule has 0 aliphatic heterocycles.